The van der Waals surface area contributed by atoms with Gasteiger partial charge in [0, 0.05) is 23.8 Å². The maximum Gasteiger partial charge on any atom is 0.260 e. The zero-order valence-electron chi connectivity index (χ0n) is 15.1. The average Bonchev–Trinajstić information content (AvgIpc) is 3.01. The van der Waals surface area contributed by atoms with Gasteiger partial charge in [0.25, 0.3) is 5.91 Å². The summed E-state index contributed by atoms with van der Waals surface area (Å²) < 4.78 is 11.2. The molecule has 140 valence electrons. The predicted octanol–water partition coefficient (Wildman–Crippen LogP) is 3.58. The van der Waals surface area contributed by atoms with Gasteiger partial charge >= 0.3 is 0 Å². The van der Waals surface area contributed by atoms with Crippen molar-refractivity contribution < 1.29 is 13.9 Å². The molecule has 3 heterocycles. The minimum Gasteiger partial charge on any atom is -0.442 e. The van der Waals surface area contributed by atoms with Crippen molar-refractivity contribution in [3.63, 3.8) is 0 Å². The van der Waals surface area contributed by atoms with Gasteiger partial charge in [0.05, 0.1) is 24.2 Å². The average molecular weight is 387 g/mol. The molecule has 7 nitrogen and oxygen atoms in total. The molecular formula is C19H19ClN4O3. The van der Waals surface area contributed by atoms with E-state index >= 15 is 0 Å². The molecule has 4 rings (SSSR count). The van der Waals surface area contributed by atoms with E-state index in [0.717, 1.165) is 5.56 Å². The highest BCUT2D eigenvalue weighted by atomic mass is 35.5. The van der Waals surface area contributed by atoms with E-state index in [4.69, 9.17) is 20.8 Å². The summed E-state index contributed by atoms with van der Waals surface area (Å²) in [5.41, 5.74) is 2.40. The van der Waals surface area contributed by atoms with Crippen molar-refractivity contribution in [1.29, 1.82) is 0 Å². The van der Waals surface area contributed by atoms with Crippen LogP contribution in [0.15, 0.2) is 28.9 Å². The molecule has 0 spiro atoms. The number of halogens is 1. The van der Waals surface area contributed by atoms with Crippen LogP contribution >= 0.6 is 11.6 Å². The molecule has 1 aromatic carbocycles. The second-order valence-corrected chi connectivity index (χ2v) is 6.84. The van der Waals surface area contributed by atoms with Crippen molar-refractivity contribution in [3.05, 3.63) is 46.4 Å². The van der Waals surface area contributed by atoms with Gasteiger partial charge in [0.2, 0.25) is 5.71 Å². The third kappa shape index (κ3) is 3.36. The molecule has 0 saturated carbocycles. The third-order valence-corrected chi connectivity index (χ3v) is 5.02. The van der Waals surface area contributed by atoms with Crippen LogP contribution in [0.4, 0.5) is 11.5 Å². The van der Waals surface area contributed by atoms with Gasteiger partial charge in [-0.3, -0.25) is 4.79 Å². The molecule has 0 atom stereocenters. The Morgan fingerprint density at radius 3 is 2.74 bits per heavy atom. The Bertz CT molecular complexity index is 1010. The van der Waals surface area contributed by atoms with Crippen LogP contribution in [-0.4, -0.2) is 42.2 Å². The maximum absolute atomic E-state index is 13.0. The normalized spacial score (nSPS) is 14.6. The fourth-order valence-corrected chi connectivity index (χ4v) is 3.36. The van der Waals surface area contributed by atoms with Crippen LogP contribution < -0.4 is 10.2 Å². The lowest BCUT2D eigenvalue weighted by atomic mass is 10.1. The van der Waals surface area contributed by atoms with Gasteiger partial charge in [-0.2, -0.15) is 0 Å². The number of anilines is 2. The van der Waals surface area contributed by atoms with Crippen molar-refractivity contribution in [2.45, 2.75) is 13.8 Å². The summed E-state index contributed by atoms with van der Waals surface area (Å²) in [6.07, 6.45) is 1.46. The highest BCUT2D eigenvalue weighted by molar-refractivity contribution is 6.31. The second-order valence-electron chi connectivity index (χ2n) is 6.43. The number of furan rings is 1. The zero-order chi connectivity index (χ0) is 19.0. The summed E-state index contributed by atoms with van der Waals surface area (Å²) in [6, 6.07) is 5.41. The smallest absolute Gasteiger partial charge is 0.260 e. The molecule has 2 aromatic heterocycles. The molecule has 27 heavy (non-hydrogen) atoms. The van der Waals surface area contributed by atoms with Gasteiger partial charge in [-0.05, 0) is 31.5 Å². The van der Waals surface area contributed by atoms with E-state index in [1.165, 1.54) is 6.33 Å². The van der Waals surface area contributed by atoms with Crippen molar-refractivity contribution in [1.82, 2.24) is 9.97 Å². The van der Waals surface area contributed by atoms with Crippen molar-refractivity contribution >= 4 is 40.1 Å². The molecule has 8 heteroatoms. The van der Waals surface area contributed by atoms with E-state index < -0.39 is 0 Å². The summed E-state index contributed by atoms with van der Waals surface area (Å²) >= 11 is 6.17. The van der Waals surface area contributed by atoms with Crippen LogP contribution in [0.5, 0.6) is 0 Å². The number of carbonyl (C=O) groups is 1. The molecule has 1 saturated heterocycles. The lowest BCUT2D eigenvalue weighted by Gasteiger charge is -2.28. The summed E-state index contributed by atoms with van der Waals surface area (Å²) in [5.74, 6) is 0.901. The van der Waals surface area contributed by atoms with Crippen molar-refractivity contribution in [2.24, 2.45) is 0 Å². The quantitative estimate of drug-likeness (QED) is 0.741. The van der Waals surface area contributed by atoms with E-state index in [2.05, 4.69) is 20.2 Å². The van der Waals surface area contributed by atoms with Crippen molar-refractivity contribution in [2.75, 3.05) is 36.5 Å². The number of rotatable bonds is 3. The number of carbonyl (C=O) groups excluding carboxylic acids is 1. The van der Waals surface area contributed by atoms with E-state index in [0.29, 0.717) is 65.3 Å². The number of fused-ring (bicyclic) bond motifs is 1. The first kappa shape index (κ1) is 17.8. The molecule has 0 bridgehead atoms. The summed E-state index contributed by atoms with van der Waals surface area (Å²) in [6.45, 7) is 6.29. The number of benzene rings is 1. The van der Waals surface area contributed by atoms with Crippen molar-refractivity contribution in [3.8, 4) is 0 Å². The number of nitrogens with zero attached hydrogens (tertiary/aromatic N) is 3. The molecule has 1 aliphatic heterocycles. The molecule has 0 unspecified atom stereocenters. The van der Waals surface area contributed by atoms with Gasteiger partial charge in [0.15, 0.2) is 0 Å². The molecule has 1 aliphatic rings. The van der Waals surface area contributed by atoms with E-state index in [9.17, 15) is 4.79 Å². The number of hydrogen-bond donors (Lipinski definition) is 1. The Morgan fingerprint density at radius 2 is 2.00 bits per heavy atom. The van der Waals surface area contributed by atoms with Crippen LogP contribution in [0, 0.1) is 13.8 Å². The highest BCUT2D eigenvalue weighted by Crippen LogP contribution is 2.32. The van der Waals surface area contributed by atoms with Gasteiger partial charge in [-0.1, -0.05) is 17.7 Å². The molecule has 0 radical (unpaired) electrons. The largest absolute Gasteiger partial charge is 0.442 e. The first-order chi connectivity index (χ1) is 13.0. The van der Waals surface area contributed by atoms with Gasteiger partial charge in [-0.25, -0.2) is 9.97 Å². The first-order valence-corrected chi connectivity index (χ1v) is 9.06. The summed E-state index contributed by atoms with van der Waals surface area (Å²) in [4.78, 5) is 23.7. The van der Waals surface area contributed by atoms with E-state index in [1.54, 1.807) is 13.0 Å². The molecule has 0 aliphatic carbocycles. The molecular weight excluding hydrogens is 368 g/mol. The molecule has 1 N–H and O–H groups in total. The topological polar surface area (TPSA) is 80.5 Å². The number of morpholine rings is 1. The number of hydrogen-bond acceptors (Lipinski definition) is 6. The Kier molecular flexibility index (Phi) is 4.72. The lowest BCUT2D eigenvalue weighted by molar-refractivity contribution is 0.102. The minimum atomic E-state index is -0.282. The molecule has 1 fully saturated rings. The monoisotopic (exact) mass is 386 g/mol. The standard InChI is InChI=1S/C19H19ClN4O3/c1-11-3-4-13(9-14(11)20)23-18(25)15-12(2)27-19-16(15)17(21-10-22-19)24-5-7-26-8-6-24/h3-4,9-10H,5-8H2,1-2H3,(H,23,25). The van der Waals surface area contributed by atoms with Crippen LogP contribution in [0.2, 0.25) is 5.02 Å². The van der Waals surface area contributed by atoms with Crippen LogP contribution in [-0.2, 0) is 4.74 Å². The van der Waals surface area contributed by atoms with Crippen LogP contribution in [0.25, 0.3) is 11.1 Å². The Hall–Kier alpha value is -2.64. The fourth-order valence-electron chi connectivity index (χ4n) is 3.18. The van der Waals surface area contributed by atoms with Crippen LogP contribution in [0.3, 0.4) is 0 Å². The number of ether oxygens (including phenoxy) is 1. The number of amides is 1. The first-order valence-electron chi connectivity index (χ1n) is 8.69. The SMILES string of the molecule is Cc1ccc(NC(=O)c2c(C)oc3ncnc(N4CCOCC4)c23)cc1Cl. The minimum absolute atomic E-state index is 0.282. The summed E-state index contributed by atoms with van der Waals surface area (Å²) in [7, 11) is 0. The Balaban J connectivity index is 1.74. The molecule has 1 amide bonds. The number of aryl methyl sites for hydroxylation is 2. The zero-order valence-corrected chi connectivity index (χ0v) is 15.8. The van der Waals surface area contributed by atoms with Gasteiger partial charge in [0.1, 0.15) is 17.9 Å². The molecule has 3 aromatic rings. The summed E-state index contributed by atoms with van der Waals surface area (Å²) in [5, 5.41) is 4.11. The third-order valence-electron chi connectivity index (χ3n) is 4.61. The predicted molar refractivity (Wildman–Crippen MR) is 104 cm³/mol. The lowest BCUT2D eigenvalue weighted by Crippen LogP contribution is -2.37. The van der Waals surface area contributed by atoms with E-state index in [-0.39, 0.29) is 5.91 Å². The Morgan fingerprint density at radius 1 is 1.22 bits per heavy atom. The second kappa shape index (κ2) is 7.17. The fraction of sp³-hybridized carbons (Fsp3) is 0.316. The van der Waals surface area contributed by atoms with Gasteiger partial charge < -0.3 is 19.4 Å². The maximum atomic E-state index is 13.0. The van der Waals surface area contributed by atoms with Crippen LogP contribution in [0.1, 0.15) is 21.7 Å². The van der Waals surface area contributed by atoms with E-state index in [1.807, 2.05) is 19.1 Å². The Labute approximate surface area is 161 Å². The number of nitrogens with one attached hydrogen (secondary N) is 1. The highest BCUT2D eigenvalue weighted by Gasteiger charge is 2.26. The van der Waals surface area contributed by atoms with Gasteiger partial charge in [-0.15, -0.1) is 0 Å². The number of aromatic nitrogens is 2.